The van der Waals surface area contributed by atoms with Gasteiger partial charge in [0, 0.05) is 51.0 Å². The van der Waals surface area contributed by atoms with Crippen LogP contribution in [0.5, 0.6) is 5.75 Å². The van der Waals surface area contributed by atoms with Gasteiger partial charge in [-0.1, -0.05) is 6.07 Å². The Labute approximate surface area is 155 Å². The summed E-state index contributed by atoms with van der Waals surface area (Å²) < 4.78 is 28.5. The molecule has 0 aromatic heterocycles. The highest BCUT2D eigenvalue weighted by Crippen LogP contribution is 2.22. The molecule has 0 radical (unpaired) electrons. The molecule has 0 N–H and O–H groups in total. The third kappa shape index (κ3) is 4.48. The molecule has 2 saturated heterocycles. The Kier molecular flexibility index (Phi) is 5.72. The lowest BCUT2D eigenvalue weighted by atomic mass is 10.2. The summed E-state index contributed by atoms with van der Waals surface area (Å²) in [5.41, 5.74) is 1.13. The van der Waals surface area contributed by atoms with Crippen LogP contribution in [-0.4, -0.2) is 88.6 Å². The van der Waals surface area contributed by atoms with E-state index >= 15 is 0 Å². The van der Waals surface area contributed by atoms with Crippen molar-refractivity contribution in [2.75, 3.05) is 63.3 Å². The second-order valence-electron chi connectivity index (χ2n) is 7.03. The second kappa shape index (κ2) is 7.84. The van der Waals surface area contributed by atoms with Crippen molar-refractivity contribution in [2.24, 2.45) is 0 Å². The number of benzene rings is 1. The van der Waals surface area contributed by atoms with Crippen molar-refractivity contribution < 1.29 is 17.9 Å². The summed E-state index contributed by atoms with van der Waals surface area (Å²) in [5.74, 6) is 1.13. The summed E-state index contributed by atoms with van der Waals surface area (Å²) in [6.07, 6.45) is 0.550. The maximum Gasteiger partial charge on any atom is 0.236 e. The summed E-state index contributed by atoms with van der Waals surface area (Å²) in [6, 6.07) is 7.82. The lowest BCUT2D eigenvalue weighted by Gasteiger charge is -2.36. The normalized spacial score (nSPS) is 23.0. The minimum absolute atomic E-state index is 0.00179. The monoisotopic (exact) mass is 381 g/mol. The van der Waals surface area contributed by atoms with Crippen molar-refractivity contribution in [1.29, 1.82) is 0 Å². The van der Waals surface area contributed by atoms with E-state index in [1.807, 2.05) is 18.2 Å². The average Bonchev–Trinajstić information content (AvgIpc) is 3.01. The highest BCUT2D eigenvalue weighted by Gasteiger charge is 2.33. The van der Waals surface area contributed by atoms with Crippen molar-refractivity contribution >= 4 is 21.4 Å². The van der Waals surface area contributed by atoms with Gasteiger partial charge in [0.25, 0.3) is 0 Å². The Hall–Kier alpha value is -1.80. The summed E-state index contributed by atoms with van der Waals surface area (Å²) in [7, 11) is 0.409. The summed E-state index contributed by atoms with van der Waals surface area (Å²) in [6.45, 7) is 3.66. The Morgan fingerprint density at radius 2 is 2.00 bits per heavy atom. The number of amides is 1. The molecule has 7 nitrogen and oxygen atoms in total. The first-order chi connectivity index (χ1) is 12.4. The Morgan fingerprint density at radius 1 is 1.27 bits per heavy atom. The van der Waals surface area contributed by atoms with Crippen LogP contribution in [-0.2, 0) is 14.6 Å². The average molecular weight is 381 g/mol. The number of carbonyl (C=O) groups excluding carboxylic acids is 1. The highest BCUT2D eigenvalue weighted by molar-refractivity contribution is 7.91. The van der Waals surface area contributed by atoms with Gasteiger partial charge >= 0.3 is 0 Å². The van der Waals surface area contributed by atoms with Crippen LogP contribution in [0, 0.1) is 0 Å². The summed E-state index contributed by atoms with van der Waals surface area (Å²) in [4.78, 5) is 18.6. The molecule has 8 heteroatoms. The third-order valence-electron chi connectivity index (χ3n) is 5.30. The molecule has 1 aromatic carbocycles. The number of ether oxygens (including phenoxy) is 1. The van der Waals surface area contributed by atoms with E-state index < -0.39 is 9.84 Å². The number of sulfone groups is 1. The third-order valence-corrected chi connectivity index (χ3v) is 7.05. The second-order valence-corrected chi connectivity index (χ2v) is 9.25. The van der Waals surface area contributed by atoms with E-state index in [2.05, 4.69) is 15.9 Å². The Morgan fingerprint density at radius 3 is 2.62 bits per heavy atom. The molecule has 26 heavy (non-hydrogen) atoms. The number of hydrogen-bond donors (Lipinski definition) is 0. The number of anilines is 1. The lowest BCUT2D eigenvalue weighted by Crippen LogP contribution is -2.51. The molecule has 1 amide bonds. The molecular weight excluding hydrogens is 354 g/mol. The first-order valence-electron chi connectivity index (χ1n) is 8.95. The number of rotatable bonds is 5. The quantitative estimate of drug-likeness (QED) is 0.738. The molecular formula is C18H27N3O4S. The molecule has 0 spiro atoms. The fourth-order valence-electron chi connectivity index (χ4n) is 3.56. The van der Waals surface area contributed by atoms with Crippen LogP contribution in [0.25, 0.3) is 0 Å². The zero-order valence-electron chi connectivity index (χ0n) is 15.4. The fraction of sp³-hybridized carbons (Fsp3) is 0.611. The van der Waals surface area contributed by atoms with Crippen molar-refractivity contribution in [2.45, 2.75) is 12.5 Å². The molecule has 2 aliphatic rings. The van der Waals surface area contributed by atoms with Crippen LogP contribution in [0.4, 0.5) is 5.69 Å². The van der Waals surface area contributed by atoms with Gasteiger partial charge in [-0.3, -0.25) is 9.69 Å². The minimum atomic E-state index is -2.98. The Balaban J connectivity index is 1.49. The molecule has 0 saturated carbocycles. The SMILES string of the molecule is COc1cccc(N2CCN(CC(=O)N(C)[C@H]3CCS(=O)(=O)C3)CC2)c1. The standard InChI is InChI=1S/C18H27N3O4S/c1-19(16-6-11-26(23,24)14-16)18(22)13-20-7-9-21(10-8-20)15-4-3-5-17(12-15)25-2/h3-5,12,16H,6-11,13-14H2,1-2H3/t16-/m0/s1. The maximum absolute atomic E-state index is 12.5. The Bertz CT molecular complexity index is 745. The van der Waals surface area contributed by atoms with Crippen LogP contribution >= 0.6 is 0 Å². The van der Waals surface area contributed by atoms with E-state index in [0.29, 0.717) is 13.0 Å². The van der Waals surface area contributed by atoms with Gasteiger partial charge in [-0.2, -0.15) is 0 Å². The minimum Gasteiger partial charge on any atom is -0.497 e. The van der Waals surface area contributed by atoms with Gasteiger partial charge < -0.3 is 14.5 Å². The lowest BCUT2D eigenvalue weighted by molar-refractivity contribution is -0.132. The van der Waals surface area contributed by atoms with Crippen LogP contribution in [0.15, 0.2) is 24.3 Å². The molecule has 144 valence electrons. The predicted molar refractivity (Wildman–Crippen MR) is 101 cm³/mol. The highest BCUT2D eigenvalue weighted by atomic mass is 32.2. The van der Waals surface area contributed by atoms with Gasteiger partial charge in [0.2, 0.25) is 5.91 Å². The van der Waals surface area contributed by atoms with Crippen molar-refractivity contribution in [3.05, 3.63) is 24.3 Å². The van der Waals surface area contributed by atoms with Gasteiger partial charge in [-0.25, -0.2) is 8.42 Å². The van der Waals surface area contributed by atoms with E-state index in [1.54, 1.807) is 19.1 Å². The van der Waals surface area contributed by atoms with Gasteiger partial charge in [-0.05, 0) is 18.6 Å². The number of hydrogen-bond acceptors (Lipinski definition) is 6. The van der Waals surface area contributed by atoms with Gasteiger partial charge in [0.1, 0.15) is 5.75 Å². The first kappa shape index (κ1) is 19.0. The molecule has 1 aromatic rings. The number of likely N-dealkylation sites (N-methyl/N-ethyl adjacent to an activating group) is 1. The van der Waals surface area contributed by atoms with Crippen LogP contribution < -0.4 is 9.64 Å². The van der Waals surface area contributed by atoms with Gasteiger partial charge in [0.05, 0.1) is 25.2 Å². The van der Waals surface area contributed by atoms with E-state index in [9.17, 15) is 13.2 Å². The summed E-state index contributed by atoms with van der Waals surface area (Å²) >= 11 is 0. The largest absolute Gasteiger partial charge is 0.497 e. The van der Waals surface area contributed by atoms with Crippen molar-refractivity contribution in [1.82, 2.24) is 9.80 Å². The van der Waals surface area contributed by atoms with Crippen molar-refractivity contribution in [3.63, 3.8) is 0 Å². The molecule has 2 aliphatic heterocycles. The number of carbonyl (C=O) groups is 1. The van der Waals surface area contributed by atoms with Crippen LogP contribution in [0.3, 0.4) is 0 Å². The van der Waals surface area contributed by atoms with E-state index in [0.717, 1.165) is 37.6 Å². The predicted octanol–water partition coefficient (Wildman–Crippen LogP) is 0.463. The molecule has 0 aliphatic carbocycles. The van der Waals surface area contributed by atoms with Crippen molar-refractivity contribution in [3.8, 4) is 5.75 Å². The van der Waals surface area contributed by atoms with E-state index in [4.69, 9.17) is 4.74 Å². The van der Waals surface area contributed by atoms with E-state index in [-0.39, 0.29) is 23.5 Å². The number of piperazine rings is 1. The topological polar surface area (TPSA) is 70.2 Å². The molecule has 3 rings (SSSR count). The molecule has 0 bridgehead atoms. The molecule has 0 unspecified atom stereocenters. The fourth-order valence-corrected chi connectivity index (χ4v) is 5.33. The maximum atomic E-state index is 12.5. The van der Waals surface area contributed by atoms with E-state index in [1.165, 1.54) is 0 Å². The number of nitrogens with zero attached hydrogens (tertiary/aromatic N) is 3. The zero-order valence-corrected chi connectivity index (χ0v) is 16.2. The summed E-state index contributed by atoms with van der Waals surface area (Å²) in [5, 5.41) is 0. The van der Waals surface area contributed by atoms with Crippen LogP contribution in [0.1, 0.15) is 6.42 Å². The molecule has 2 fully saturated rings. The smallest absolute Gasteiger partial charge is 0.236 e. The zero-order chi connectivity index (χ0) is 18.7. The first-order valence-corrected chi connectivity index (χ1v) is 10.8. The molecule has 1 atom stereocenters. The van der Waals surface area contributed by atoms with Gasteiger partial charge in [-0.15, -0.1) is 0 Å². The number of methoxy groups -OCH3 is 1. The molecule has 2 heterocycles. The van der Waals surface area contributed by atoms with Gasteiger partial charge in [0.15, 0.2) is 9.84 Å². The van der Waals surface area contributed by atoms with Crippen LogP contribution in [0.2, 0.25) is 0 Å².